The van der Waals surface area contributed by atoms with E-state index in [-0.39, 0.29) is 0 Å². The van der Waals surface area contributed by atoms with Crippen LogP contribution < -0.4 is 4.74 Å². The molecule has 3 rings (SSSR count). The molecule has 0 aliphatic carbocycles. The molecule has 2 heterocycles. The van der Waals surface area contributed by atoms with E-state index in [1.54, 1.807) is 4.68 Å². The average Bonchev–Trinajstić information content (AvgIpc) is 2.93. The van der Waals surface area contributed by atoms with E-state index in [2.05, 4.69) is 10.1 Å². The molecule has 0 radical (unpaired) electrons. The number of aryl methyl sites for hydroxylation is 2. The summed E-state index contributed by atoms with van der Waals surface area (Å²) in [4.78, 5) is 4.50. The zero-order valence-corrected chi connectivity index (χ0v) is 12.2. The molecule has 0 saturated carbocycles. The molecule has 0 aliphatic rings. The van der Waals surface area contributed by atoms with Crippen molar-refractivity contribution in [1.82, 2.24) is 14.8 Å². The monoisotopic (exact) mass is 279 g/mol. The molecule has 0 N–H and O–H groups in total. The van der Waals surface area contributed by atoms with E-state index in [1.807, 2.05) is 68.7 Å². The minimum absolute atomic E-state index is 0.497. The fraction of sp³-hybridized carbons (Fsp3) is 0.176. The van der Waals surface area contributed by atoms with Crippen LogP contribution in [0.4, 0.5) is 0 Å². The van der Waals surface area contributed by atoms with Gasteiger partial charge in [0.1, 0.15) is 6.61 Å². The van der Waals surface area contributed by atoms with Gasteiger partial charge in [-0.3, -0.25) is 4.68 Å². The first kappa shape index (κ1) is 13.4. The Morgan fingerprint density at radius 1 is 1.05 bits per heavy atom. The first-order valence-electron chi connectivity index (χ1n) is 6.87. The Bertz CT molecular complexity index is 735. The molecule has 0 aliphatic heterocycles. The fourth-order valence-electron chi connectivity index (χ4n) is 2.12. The Balaban J connectivity index is 1.88. The molecule has 4 nitrogen and oxygen atoms in total. The average molecular weight is 279 g/mol. The third-order valence-electron chi connectivity index (χ3n) is 3.21. The van der Waals surface area contributed by atoms with Crippen LogP contribution in [0.25, 0.3) is 11.3 Å². The van der Waals surface area contributed by atoms with Gasteiger partial charge in [-0.2, -0.15) is 5.10 Å². The van der Waals surface area contributed by atoms with E-state index < -0.39 is 0 Å². The van der Waals surface area contributed by atoms with Gasteiger partial charge in [-0.1, -0.05) is 30.3 Å². The number of hydrogen-bond donors (Lipinski definition) is 0. The summed E-state index contributed by atoms with van der Waals surface area (Å²) in [5, 5.41) is 4.42. The molecule has 0 saturated heterocycles. The number of benzene rings is 1. The zero-order chi connectivity index (χ0) is 14.7. The first-order valence-corrected chi connectivity index (χ1v) is 6.87. The Labute approximate surface area is 124 Å². The summed E-state index contributed by atoms with van der Waals surface area (Å²) in [5.41, 5.74) is 3.83. The Morgan fingerprint density at radius 3 is 2.57 bits per heavy atom. The summed E-state index contributed by atoms with van der Waals surface area (Å²) in [7, 11) is 1.90. The zero-order valence-electron chi connectivity index (χ0n) is 12.2. The van der Waals surface area contributed by atoms with Crippen molar-refractivity contribution < 1.29 is 4.74 Å². The summed E-state index contributed by atoms with van der Waals surface area (Å²) < 4.78 is 7.68. The van der Waals surface area contributed by atoms with Crippen molar-refractivity contribution in [3.63, 3.8) is 0 Å². The van der Waals surface area contributed by atoms with Crippen LogP contribution in [0.3, 0.4) is 0 Å². The Hall–Kier alpha value is -2.62. The van der Waals surface area contributed by atoms with E-state index in [0.29, 0.717) is 12.5 Å². The van der Waals surface area contributed by atoms with E-state index >= 15 is 0 Å². The van der Waals surface area contributed by atoms with Crippen LogP contribution >= 0.6 is 0 Å². The number of rotatable bonds is 4. The van der Waals surface area contributed by atoms with Crippen molar-refractivity contribution in [2.24, 2.45) is 7.05 Å². The molecule has 21 heavy (non-hydrogen) atoms. The molecule has 1 aromatic carbocycles. The highest BCUT2D eigenvalue weighted by Gasteiger charge is 2.11. The molecule has 0 unspecified atom stereocenters. The number of hydrogen-bond acceptors (Lipinski definition) is 3. The lowest BCUT2D eigenvalue weighted by atomic mass is 10.2. The first-order chi connectivity index (χ1) is 10.2. The van der Waals surface area contributed by atoms with Crippen LogP contribution in [0.2, 0.25) is 0 Å². The van der Waals surface area contributed by atoms with Crippen molar-refractivity contribution >= 4 is 0 Å². The molecular formula is C17H17N3O. The normalized spacial score (nSPS) is 10.6. The number of pyridine rings is 1. The molecule has 106 valence electrons. The summed E-state index contributed by atoms with van der Waals surface area (Å²) in [6.45, 7) is 2.45. The molecule has 0 bridgehead atoms. The topological polar surface area (TPSA) is 39.9 Å². The predicted octanol–water partition coefficient (Wildman–Crippen LogP) is 3.37. The summed E-state index contributed by atoms with van der Waals surface area (Å²) in [6, 6.07) is 16.0. The number of aromatic nitrogens is 3. The van der Waals surface area contributed by atoms with Gasteiger partial charge in [0.05, 0.1) is 11.3 Å². The van der Waals surface area contributed by atoms with E-state index in [4.69, 9.17) is 4.74 Å². The summed E-state index contributed by atoms with van der Waals surface area (Å²) in [5.74, 6) is 0.623. The quantitative estimate of drug-likeness (QED) is 0.735. The molecule has 4 heteroatoms. The molecule has 0 atom stereocenters. The van der Waals surface area contributed by atoms with Crippen LogP contribution in [0, 0.1) is 6.92 Å². The van der Waals surface area contributed by atoms with E-state index in [1.165, 1.54) is 0 Å². The highest BCUT2D eigenvalue weighted by Crippen LogP contribution is 2.27. The smallest absolute Gasteiger partial charge is 0.223 e. The van der Waals surface area contributed by atoms with E-state index in [9.17, 15) is 0 Å². The summed E-state index contributed by atoms with van der Waals surface area (Å²) >= 11 is 0. The van der Waals surface area contributed by atoms with Gasteiger partial charge in [0.25, 0.3) is 0 Å². The maximum absolute atomic E-state index is 5.91. The molecular weight excluding hydrogens is 262 g/mol. The number of nitrogens with zero attached hydrogens (tertiary/aromatic N) is 3. The van der Waals surface area contributed by atoms with Gasteiger partial charge in [0, 0.05) is 18.9 Å². The maximum atomic E-state index is 5.91. The lowest BCUT2D eigenvalue weighted by Gasteiger charge is -2.10. The second kappa shape index (κ2) is 5.79. The van der Waals surface area contributed by atoms with Gasteiger partial charge in [-0.25, -0.2) is 4.98 Å². The van der Waals surface area contributed by atoms with Gasteiger partial charge in [-0.05, 0) is 30.7 Å². The van der Waals surface area contributed by atoms with Gasteiger partial charge in [-0.15, -0.1) is 0 Å². The second-order valence-electron chi connectivity index (χ2n) is 4.95. The SMILES string of the molecule is Cc1ccc(-c2ccn(C)n2)c(OCc2ccccc2)n1. The minimum Gasteiger partial charge on any atom is -0.472 e. The van der Waals surface area contributed by atoms with Crippen LogP contribution in [-0.2, 0) is 13.7 Å². The Kier molecular flexibility index (Phi) is 3.69. The van der Waals surface area contributed by atoms with Gasteiger partial charge >= 0.3 is 0 Å². The van der Waals surface area contributed by atoms with Crippen LogP contribution in [0.5, 0.6) is 5.88 Å². The lowest BCUT2D eigenvalue weighted by Crippen LogP contribution is -2.00. The van der Waals surface area contributed by atoms with Crippen molar-refractivity contribution in [3.8, 4) is 17.1 Å². The third-order valence-corrected chi connectivity index (χ3v) is 3.21. The van der Waals surface area contributed by atoms with E-state index in [0.717, 1.165) is 22.5 Å². The van der Waals surface area contributed by atoms with Crippen molar-refractivity contribution in [3.05, 3.63) is 66.0 Å². The molecule has 2 aromatic heterocycles. The molecule has 0 fully saturated rings. The largest absolute Gasteiger partial charge is 0.472 e. The summed E-state index contributed by atoms with van der Waals surface area (Å²) in [6.07, 6.45) is 1.91. The van der Waals surface area contributed by atoms with Crippen LogP contribution in [0.15, 0.2) is 54.7 Å². The van der Waals surface area contributed by atoms with Crippen molar-refractivity contribution in [2.45, 2.75) is 13.5 Å². The maximum Gasteiger partial charge on any atom is 0.223 e. The molecule has 0 amide bonds. The Morgan fingerprint density at radius 2 is 1.86 bits per heavy atom. The fourth-order valence-corrected chi connectivity index (χ4v) is 2.12. The van der Waals surface area contributed by atoms with Crippen molar-refractivity contribution in [2.75, 3.05) is 0 Å². The standard InChI is InChI=1S/C17H17N3O/c1-13-8-9-15(16-10-11-20(2)19-16)17(18-13)21-12-14-6-4-3-5-7-14/h3-11H,12H2,1-2H3. The van der Waals surface area contributed by atoms with Gasteiger partial charge in [0.2, 0.25) is 5.88 Å². The predicted molar refractivity (Wildman–Crippen MR) is 82.0 cm³/mol. The lowest BCUT2D eigenvalue weighted by molar-refractivity contribution is 0.294. The minimum atomic E-state index is 0.497. The molecule has 0 spiro atoms. The highest BCUT2D eigenvalue weighted by molar-refractivity contribution is 5.64. The number of ether oxygens (including phenoxy) is 1. The van der Waals surface area contributed by atoms with Gasteiger partial charge in [0.15, 0.2) is 0 Å². The second-order valence-corrected chi connectivity index (χ2v) is 4.95. The van der Waals surface area contributed by atoms with Crippen LogP contribution in [-0.4, -0.2) is 14.8 Å². The highest BCUT2D eigenvalue weighted by atomic mass is 16.5. The van der Waals surface area contributed by atoms with Crippen molar-refractivity contribution in [1.29, 1.82) is 0 Å². The third kappa shape index (κ3) is 3.11. The van der Waals surface area contributed by atoms with Crippen LogP contribution in [0.1, 0.15) is 11.3 Å². The van der Waals surface area contributed by atoms with Gasteiger partial charge < -0.3 is 4.74 Å². The molecule has 3 aromatic rings.